The fraction of sp³-hybridized carbons (Fsp3) is 0.562. The maximum Gasteiger partial charge on any atom is 0.220 e. The molecule has 3 heteroatoms. The number of alkyl halides is 1. The largest absolute Gasteiger partial charge is 0.353 e. The summed E-state index contributed by atoms with van der Waals surface area (Å²) in [4.78, 5) is 11.9. The molecular weight excluding hydrogens is 258 g/mol. The van der Waals surface area contributed by atoms with Gasteiger partial charge in [0.1, 0.15) is 0 Å². The number of carbonyl (C=O) groups excluding carboxylic acids is 1. The van der Waals surface area contributed by atoms with Crippen LogP contribution in [-0.2, 0) is 11.2 Å². The van der Waals surface area contributed by atoms with Crippen LogP contribution in [0.5, 0.6) is 0 Å². The molecule has 1 N–H and O–H groups in total. The summed E-state index contributed by atoms with van der Waals surface area (Å²) in [6.07, 6.45) is 5.47. The molecule has 0 spiro atoms. The van der Waals surface area contributed by atoms with Crippen molar-refractivity contribution in [2.45, 2.75) is 56.9 Å². The van der Waals surface area contributed by atoms with Gasteiger partial charge in [-0.1, -0.05) is 24.3 Å². The minimum Gasteiger partial charge on any atom is -0.353 e. The molecule has 2 rings (SSSR count). The summed E-state index contributed by atoms with van der Waals surface area (Å²) in [6.45, 7) is 2.09. The summed E-state index contributed by atoms with van der Waals surface area (Å²) in [7, 11) is 0. The van der Waals surface area contributed by atoms with Gasteiger partial charge >= 0.3 is 0 Å². The first-order valence-electron chi connectivity index (χ1n) is 7.13. The van der Waals surface area contributed by atoms with E-state index in [1.807, 2.05) is 12.1 Å². The second-order valence-electron chi connectivity index (χ2n) is 5.44. The summed E-state index contributed by atoms with van der Waals surface area (Å²) in [5, 5.41) is 3.44. The van der Waals surface area contributed by atoms with E-state index < -0.39 is 0 Å². The lowest BCUT2D eigenvalue weighted by molar-refractivity contribution is -0.121. The van der Waals surface area contributed by atoms with Crippen molar-refractivity contribution in [1.82, 2.24) is 5.32 Å². The lowest BCUT2D eigenvalue weighted by Gasteiger charge is -2.25. The number of carbonyl (C=O) groups is 1. The van der Waals surface area contributed by atoms with Crippen molar-refractivity contribution in [3.8, 4) is 0 Å². The molecule has 1 aromatic rings. The Kier molecular flexibility index (Phi) is 5.26. The van der Waals surface area contributed by atoms with Crippen LogP contribution in [0.15, 0.2) is 24.3 Å². The molecule has 0 aliphatic heterocycles. The number of nitrogens with one attached hydrogen (secondary N) is 1. The van der Waals surface area contributed by atoms with Crippen LogP contribution in [0.2, 0.25) is 0 Å². The van der Waals surface area contributed by atoms with Crippen LogP contribution in [0.1, 0.15) is 43.2 Å². The van der Waals surface area contributed by atoms with Gasteiger partial charge in [0.25, 0.3) is 0 Å². The second kappa shape index (κ2) is 6.95. The van der Waals surface area contributed by atoms with E-state index in [0.29, 0.717) is 17.8 Å². The highest BCUT2D eigenvalue weighted by Gasteiger charge is 2.20. The molecule has 2 nitrogen and oxygen atoms in total. The lowest BCUT2D eigenvalue weighted by Crippen LogP contribution is -2.37. The Balaban J connectivity index is 1.74. The zero-order valence-electron chi connectivity index (χ0n) is 11.5. The SMILES string of the molecule is Cc1ccccc1CCC(=O)NC1CCC(Cl)CC1. The number of halogens is 1. The molecular formula is C16H22ClNO. The van der Waals surface area contributed by atoms with Gasteiger partial charge in [-0.3, -0.25) is 4.79 Å². The summed E-state index contributed by atoms with van der Waals surface area (Å²) in [5.74, 6) is 0.168. The maximum atomic E-state index is 11.9. The van der Waals surface area contributed by atoms with E-state index in [9.17, 15) is 4.79 Å². The van der Waals surface area contributed by atoms with E-state index in [-0.39, 0.29) is 5.91 Å². The highest BCUT2D eigenvalue weighted by atomic mass is 35.5. The summed E-state index contributed by atoms with van der Waals surface area (Å²) in [5.41, 5.74) is 2.53. The van der Waals surface area contributed by atoms with E-state index in [1.165, 1.54) is 11.1 Å². The number of aryl methyl sites for hydroxylation is 2. The molecule has 0 heterocycles. The normalized spacial score (nSPS) is 23.1. The van der Waals surface area contributed by atoms with E-state index in [4.69, 9.17) is 11.6 Å². The van der Waals surface area contributed by atoms with Crippen molar-refractivity contribution in [2.75, 3.05) is 0 Å². The molecule has 0 atom stereocenters. The smallest absolute Gasteiger partial charge is 0.220 e. The molecule has 1 aliphatic rings. The Bertz CT molecular complexity index is 425. The van der Waals surface area contributed by atoms with E-state index in [2.05, 4.69) is 24.4 Å². The molecule has 0 radical (unpaired) electrons. The van der Waals surface area contributed by atoms with Crippen LogP contribution < -0.4 is 5.32 Å². The van der Waals surface area contributed by atoms with Crippen molar-refractivity contribution in [3.63, 3.8) is 0 Å². The Morgan fingerprint density at radius 2 is 1.95 bits per heavy atom. The van der Waals surface area contributed by atoms with Crippen molar-refractivity contribution < 1.29 is 4.79 Å². The number of hydrogen-bond acceptors (Lipinski definition) is 1. The van der Waals surface area contributed by atoms with Crippen LogP contribution in [0.25, 0.3) is 0 Å². The monoisotopic (exact) mass is 279 g/mol. The van der Waals surface area contributed by atoms with Gasteiger partial charge in [0.15, 0.2) is 0 Å². The molecule has 0 saturated heterocycles. The number of amides is 1. The van der Waals surface area contributed by atoms with Crippen LogP contribution in [0, 0.1) is 6.92 Å². The highest BCUT2D eigenvalue weighted by Crippen LogP contribution is 2.22. The number of hydrogen-bond donors (Lipinski definition) is 1. The molecule has 0 aromatic heterocycles. The van der Waals surface area contributed by atoms with E-state index in [0.717, 1.165) is 32.1 Å². The van der Waals surface area contributed by atoms with Gasteiger partial charge in [-0.05, 0) is 50.2 Å². The Hall–Kier alpha value is -1.02. The molecule has 104 valence electrons. The average Bonchev–Trinajstić information content (AvgIpc) is 2.40. The van der Waals surface area contributed by atoms with Crippen LogP contribution in [0.4, 0.5) is 0 Å². The third-order valence-electron chi connectivity index (χ3n) is 3.90. The predicted molar refractivity (Wildman–Crippen MR) is 79.5 cm³/mol. The van der Waals surface area contributed by atoms with Gasteiger partial charge in [-0.2, -0.15) is 0 Å². The second-order valence-corrected chi connectivity index (χ2v) is 6.06. The first kappa shape index (κ1) is 14.4. The molecule has 1 aromatic carbocycles. The van der Waals surface area contributed by atoms with Crippen LogP contribution >= 0.6 is 11.6 Å². The Morgan fingerprint density at radius 1 is 1.26 bits per heavy atom. The quantitative estimate of drug-likeness (QED) is 0.839. The first-order chi connectivity index (χ1) is 9.15. The molecule has 1 aliphatic carbocycles. The zero-order valence-corrected chi connectivity index (χ0v) is 12.2. The first-order valence-corrected chi connectivity index (χ1v) is 7.56. The lowest BCUT2D eigenvalue weighted by atomic mass is 9.95. The average molecular weight is 280 g/mol. The van der Waals surface area contributed by atoms with Crippen molar-refractivity contribution in [3.05, 3.63) is 35.4 Å². The fourth-order valence-corrected chi connectivity index (χ4v) is 2.89. The maximum absolute atomic E-state index is 11.9. The van der Waals surface area contributed by atoms with Crippen LogP contribution in [-0.4, -0.2) is 17.3 Å². The molecule has 1 saturated carbocycles. The fourth-order valence-electron chi connectivity index (χ4n) is 2.64. The molecule has 1 fully saturated rings. The zero-order chi connectivity index (χ0) is 13.7. The standard InChI is InChI=1S/C16H22ClNO/c1-12-4-2-3-5-13(12)6-11-16(19)18-15-9-7-14(17)8-10-15/h2-5,14-15H,6-11H2,1H3,(H,18,19). The van der Waals surface area contributed by atoms with Gasteiger partial charge < -0.3 is 5.32 Å². The molecule has 1 amide bonds. The van der Waals surface area contributed by atoms with Crippen molar-refractivity contribution >= 4 is 17.5 Å². The predicted octanol–water partition coefficient (Wildman–Crippen LogP) is 3.59. The third kappa shape index (κ3) is 4.54. The van der Waals surface area contributed by atoms with Gasteiger partial charge in [-0.15, -0.1) is 11.6 Å². The highest BCUT2D eigenvalue weighted by molar-refractivity contribution is 6.20. The summed E-state index contributed by atoms with van der Waals surface area (Å²) in [6, 6.07) is 8.58. The number of rotatable bonds is 4. The Morgan fingerprint density at radius 3 is 2.63 bits per heavy atom. The van der Waals surface area contributed by atoms with Crippen LogP contribution in [0.3, 0.4) is 0 Å². The van der Waals surface area contributed by atoms with Crippen molar-refractivity contribution in [1.29, 1.82) is 0 Å². The third-order valence-corrected chi connectivity index (χ3v) is 4.34. The van der Waals surface area contributed by atoms with Gasteiger partial charge in [0.05, 0.1) is 0 Å². The van der Waals surface area contributed by atoms with Gasteiger partial charge in [0.2, 0.25) is 5.91 Å². The van der Waals surface area contributed by atoms with Gasteiger partial charge in [0, 0.05) is 17.8 Å². The van der Waals surface area contributed by atoms with Gasteiger partial charge in [-0.25, -0.2) is 0 Å². The molecule has 0 bridgehead atoms. The minimum atomic E-state index is 0.168. The summed E-state index contributed by atoms with van der Waals surface area (Å²) < 4.78 is 0. The van der Waals surface area contributed by atoms with E-state index in [1.54, 1.807) is 0 Å². The Labute approximate surface area is 120 Å². The molecule has 19 heavy (non-hydrogen) atoms. The van der Waals surface area contributed by atoms with Crippen molar-refractivity contribution in [2.24, 2.45) is 0 Å². The summed E-state index contributed by atoms with van der Waals surface area (Å²) >= 11 is 6.06. The number of benzene rings is 1. The topological polar surface area (TPSA) is 29.1 Å². The minimum absolute atomic E-state index is 0.168. The molecule has 0 unspecified atom stereocenters. The van der Waals surface area contributed by atoms with E-state index >= 15 is 0 Å².